The van der Waals surface area contributed by atoms with Gasteiger partial charge in [-0.05, 0) is 30.7 Å². The van der Waals surface area contributed by atoms with E-state index >= 15 is 0 Å². The highest BCUT2D eigenvalue weighted by Gasteiger charge is 2.33. The van der Waals surface area contributed by atoms with E-state index in [1.54, 1.807) is 14.2 Å². The number of ether oxygens (including phenoxy) is 2. The molecule has 0 amide bonds. The molecule has 0 saturated carbocycles. The van der Waals surface area contributed by atoms with E-state index in [1.807, 2.05) is 25.1 Å². The van der Waals surface area contributed by atoms with E-state index in [-0.39, 0.29) is 12.4 Å². The third-order valence-electron chi connectivity index (χ3n) is 4.26. The van der Waals surface area contributed by atoms with E-state index in [1.165, 1.54) is 12.3 Å². The summed E-state index contributed by atoms with van der Waals surface area (Å²) in [4.78, 5) is 7.92. The summed E-state index contributed by atoms with van der Waals surface area (Å²) in [6.45, 7) is 3.96. The van der Waals surface area contributed by atoms with Crippen molar-refractivity contribution in [2.45, 2.75) is 19.6 Å². The van der Waals surface area contributed by atoms with Gasteiger partial charge in [-0.25, -0.2) is 4.98 Å². The number of nitrogens with zero attached hydrogens (tertiary/aromatic N) is 2. The van der Waals surface area contributed by atoms with Crippen molar-refractivity contribution in [3.8, 4) is 5.75 Å². The van der Waals surface area contributed by atoms with Gasteiger partial charge in [0.2, 0.25) is 0 Å². The van der Waals surface area contributed by atoms with Gasteiger partial charge >= 0.3 is 6.18 Å². The van der Waals surface area contributed by atoms with Crippen LogP contribution in [0.5, 0.6) is 5.75 Å². The second-order valence-electron chi connectivity index (χ2n) is 6.63. The second-order valence-corrected chi connectivity index (χ2v) is 6.63. The smallest absolute Gasteiger partial charge is 0.419 e. The number of hydrogen-bond donors (Lipinski definition) is 3. The summed E-state index contributed by atoms with van der Waals surface area (Å²) in [6.07, 6.45) is -3.14. The highest BCUT2D eigenvalue weighted by molar-refractivity contribution is 5.79. The number of methoxy groups -OCH3 is 1. The van der Waals surface area contributed by atoms with Crippen LogP contribution < -0.4 is 20.7 Å². The fraction of sp³-hybridized carbons (Fsp3) is 0.429. The fourth-order valence-corrected chi connectivity index (χ4v) is 2.71. The normalized spacial score (nSPS) is 11.9. The Kier molecular flexibility index (Phi) is 9.39. The first-order valence-electron chi connectivity index (χ1n) is 9.77. The Morgan fingerprint density at radius 1 is 1.13 bits per heavy atom. The first-order valence-corrected chi connectivity index (χ1v) is 9.77. The third kappa shape index (κ3) is 7.97. The minimum Gasteiger partial charge on any atom is -0.491 e. The number of aryl methyl sites for hydroxylation is 1. The first kappa shape index (κ1) is 24.3. The van der Waals surface area contributed by atoms with Crippen molar-refractivity contribution in [3.05, 3.63) is 53.2 Å². The molecule has 0 fully saturated rings. The molecule has 1 aromatic carbocycles. The predicted octanol–water partition coefficient (Wildman–Crippen LogP) is 3.21. The summed E-state index contributed by atoms with van der Waals surface area (Å²) in [6, 6.07) is 8.18. The van der Waals surface area contributed by atoms with Gasteiger partial charge < -0.3 is 25.4 Å². The van der Waals surface area contributed by atoms with Crippen LogP contribution >= 0.6 is 0 Å². The topological polar surface area (TPSA) is 79.8 Å². The Bertz CT molecular complexity index is 859. The monoisotopic (exact) mass is 439 g/mol. The zero-order valence-corrected chi connectivity index (χ0v) is 17.8. The van der Waals surface area contributed by atoms with Crippen molar-refractivity contribution in [2.75, 3.05) is 45.8 Å². The maximum Gasteiger partial charge on any atom is 0.419 e. The number of aliphatic imine (C=N–C) groups is 1. The van der Waals surface area contributed by atoms with E-state index in [0.717, 1.165) is 22.9 Å². The van der Waals surface area contributed by atoms with E-state index in [4.69, 9.17) is 9.47 Å². The van der Waals surface area contributed by atoms with Crippen molar-refractivity contribution in [3.63, 3.8) is 0 Å². The Morgan fingerprint density at radius 2 is 1.94 bits per heavy atom. The second kappa shape index (κ2) is 12.0. The van der Waals surface area contributed by atoms with Gasteiger partial charge in [0.15, 0.2) is 5.96 Å². The number of anilines is 1. The van der Waals surface area contributed by atoms with Crippen LogP contribution in [0.1, 0.15) is 16.7 Å². The SMILES string of the molecule is CN=C(NCCNc1ncccc1C(F)(F)F)NCc1ccc(C)cc1OCCOC. The molecule has 1 heterocycles. The van der Waals surface area contributed by atoms with E-state index in [2.05, 4.69) is 25.9 Å². The minimum absolute atomic E-state index is 0.197. The number of halogens is 3. The summed E-state index contributed by atoms with van der Waals surface area (Å²) in [5.41, 5.74) is 1.24. The molecule has 0 aliphatic heterocycles. The standard InChI is InChI=1S/C21H28F3N5O2/c1-15-6-7-16(18(13-15)31-12-11-30-3)14-29-20(25-2)28-10-9-27-19-17(21(22,23)24)5-4-8-26-19/h4-8,13H,9-12,14H2,1-3H3,(H,26,27)(H2,25,28,29). The molecule has 0 radical (unpaired) electrons. The molecule has 0 aliphatic carbocycles. The lowest BCUT2D eigenvalue weighted by Gasteiger charge is -2.16. The van der Waals surface area contributed by atoms with Gasteiger partial charge in [-0.2, -0.15) is 13.2 Å². The molecule has 10 heteroatoms. The molecule has 0 bridgehead atoms. The van der Waals surface area contributed by atoms with Gasteiger partial charge in [0.05, 0.1) is 12.2 Å². The molecule has 0 aliphatic rings. The quantitative estimate of drug-likeness (QED) is 0.300. The Labute approximate surface area is 180 Å². The van der Waals surface area contributed by atoms with E-state index in [0.29, 0.717) is 32.3 Å². The highest BCUT2D eigenvalue weighted by Crippen LogP contribution is 2.33. The molecule has 0 unspecified atom stereocenters. The number of pyridine rings is 1. The number of aromatic nitrogens is 1. The molecule has 0 spiro atoms. The van der Waals surface area contributed by atoms with Gasteiger partial charge in [-0.1, -0.05) is 12.1 Å². The van der Waals surface area contributed by atoms with Crippen molar-refractivity contribution in [1.82, 2.24) is 15.6 Å². The Hall–Kier alpha value is -3.01. The molecule has 1 aromatic heterocycles. The number of nitrogens with one attached hydrogen (secondary N) is 3. The molecule has 7 nitrogen and oxygen atoms in total. The van der Waals surface area contributed by atoms with Crippen LogP contribution in [0.3, 0.4) is 0 Å². The van der Waals surface area contributed by atoms with Crippen LogP contribution in [0.25, 0.3) is 0 Å². The van der Waals surface area contributed by atoms with Crippen molar-refractivity contribution in [2.24, 2.45) is 4.99 Å². The van der Waals surface area contributed by atoms with Crippen molar-refractivity contribution < 1.29 is 22.6 Å². The maximum absolute atomic E-state index is 13.0. The van der Waals surface area contributed by atoms with Crippen LogP contribution in [0.2, 0.25) is 0 Å². The third-order valence-corrected chi connectivity index (χ3v) is 4.26. The average Bonchev–Trinajstić information content (AvgIpc) is 2.74. The summed E-state index contributed by atoms with van der Waals surface area (Å²) >= 11 is 0. The van der Waals surface area contributed by atoms with Gasteiger partial charge in [-0.15, -0.1) is 0 Å². The molecular weight excluding hydrogens is 411 g/mol. The molecule has 2 rings (SSSR count). The van der Waals surface area contributed by atoms with Crippen LogP contribution in [-0.2, 0) is 17.5 Å². The van der Waals surface area contributed by atoms with Crippen LogP contribution in [0.4, 0.5) is 19.0 Å². The number of rotatable bonds is 10. The summed E-state index contributed by atoms with van der Waals surface area (Å²) in [5.74, 6) is 1.08. The lowest BCUT2D eigenvalue weighted by atomic mass is 10.1. The molecule has 0 atom stereocenters. The Balaban J connectivity index is 1.85. The summed E-state index contributed by atoms with van der Waals surface area (Å²) in [7, 11) is 3.23. The van der Waals surface area contributed by atoms with E-state index < -0.39 is 11.7 Å². The van der Waals surface area contributed by atoms with Crippen molar-refractivity contribution >= 4 is 11.8 Å². The number of benzene rings is 1. The maximum atomic E-state index is 13.0. The molecule has 0 saturated heterocycles. The fourth-order valence-electron chi connectivity index (χ4n) is 2.71. The molecule has 31 heavy (non-hydrogen) atoms. The number of guanidine groups is 1. The zero-order chi connectivity index (χ0) is 22.7. The van der Waals surface area contributed by atoms with Gasteiger partial charge in [0.1, 0.15) is 18.2 Å². The Morgan fingerprint density at radius 3 is 2.65 bits per heavy atom. The predicted molar refractivity (Wildman–Crippen MR) is 114 cm³/mol. The van der Waals surface area contributed by atoms with Gasteiger partial charge in [0.25, 0.3) is 0 Å². The lowest BCUT2D eigenvalue weighted by Crippen LogP contribution is -2.39. The average molecular weight is 439 g/mol. The number of hydrogen-bond acceptors (Lipinski definition) is 5. The zero-order valence-electron chi connectivity index (χ0n) is 17.8. The van der Waals surface area contributed by atoms with Gasteiger partial charge in [0, 0.05) is 45.6 Å². The van der Waals surface area contributed by atoms with Crippen LogP contribution in [-0.4, -0.2) is 51.4 Å². The van der Waals surface area contributed by atoms with Crippen LogP contribution in [0, 0.1) is 6.92 Å². The van der Waals surface area contributed by atoms with Gasteiger partial charge in [-0.3, -0.25) is 4.99 Å². The summed E-state index contributed by atoms with van der Waals surface area (Å²) in [5, 5.41) is 8.94. The number of alkyl halides is 3. The lowest BCUT2D eigenvalue weighted by molar-refractivity contribution is -0.137. The molecular formula is C21H28F3N5O2. The highest BCUT2D eigenvalue weighted by atomic mass is 19.4. The first-order chi connectivity index (χ1) is 14.8. The minimum atomic E-state index is -4.46. The van der Waals surface area contributed by atoms with Crippen LogP contribution in [0.15, 0.2) is 41.5 Å². The largest absolute Gasteiger partial charge is 0.491 e. The molecule has 170 valence electrons. The molecule has 3 N–H and O–H groups in total. The van der Waals surface area contributed by atoms with Crippen molar-refractivity contribution in [1.29, 1.82) is 0 Å². The summed E-state index contributed by atoms with van der Waals surface area (Å²) < 4.78 is 49.8. The van der Waals surface area contributed by atoms with E-state index in [9.17, 15) is 13.2 Å². The molecule has 2 aromatic rings.